The molecule has 0 bridgehead atoms. The van der Waals surface area contributed by atoms with Gasteiger partial charge in [0.25, 0.3) is 0 Å². The molecule has 0 saturated heterocycles. The second-order valence-corrected chi connectivity index (χ2v) is 4.17. The third-order valence-corrected chi connectivity index (χ3v) is 2.56. The number of hydrogen-bond donors (Lipinski definition) is 0. The van der Waals surface area contributed by atoms with E-state index in [2.05, 4.69) is 36.6 Å². The van der Waals surface area contributed by atoms with Gasteiger partial charge in [-0.1, -0.05) is 22.0 Å². The maximum absolute atomic E-state index is 5.58. The second kappa shape index (κ2) is 4.10. The van der Waals surface area contributed by atoms with Gasteiger partial charge in [0.15, 0.2) is 5.65 Å². The highest BCUT2D eigenvalue weighted by Crippen LogP contribution is 2.22. The van der Waals surface area contributed by atoms with Crippen LogP contribution >= 0.6 is 15.9 Å². The number of ether oxygens (including phenoxy) is 1. The van der Waals surface area contributed by atoms with Gasteiger partial charge in [0.05, 0.1) is 0 Å². The quantitative estimate of drug-likeness (QED) is 0.723. The summed E-state index contributed by atoms with van der Waals surface area (Å²) < 4.78 is 7.84. The molecule has 0 aliphatic carbocycles. The predicted octanol–water partition coefficient (Wildman–Crippen LogP) is 2.07. The number of tetrazole rings is 1. The highest BCUT2D eigenvalue weighted by Gasteiger charge is 2.03. The summed E-state index contributed by atoms with van der Waals surface area (Å²) in [4.78, 5) is 0. The lowest BCUT2D eigenvalue weighted by Gasteiger charge is -2.03. The maximum Gasteiger partial charge on any atom is 0.239 e. The first-order valence-electron chi connectivity index (χ1n) is 4.80. The van der Waals surface area contributed by atoms with E-state index >= 15 is 0 Å². The Bertz CT molecular complexity index is 668. The van der Waals surface area contributed by atoms with Crippen molar-refractivity contribution >= 4 is 21.6 Å². The summed E-state index contributed by atoms with van der Waals surface area (Å²) in [7, 11) is 0. The Balaban J connectivity index is 1.94. The van der Waals surface area contributed by atoms with Gasteiger partial charge in [-0.25, -0.2) is 0 Å². The highest BCUT2D eigenvalue weighted by atomic mass is 79.9. The molecule has 0 aliphatic rings. The van der Waals surface area contributed by atoms with E-state index in [9.17, 15) is 0 Å². The van der Waals surface area contributed by atoms with Crippen LogP contribution in [-0.4, -0.2) is 25.3 Å². The molecule has 0 unspecified atom stereocenters. The van der Waals surface area contributed by atoms with E-state index in [1.165, 1.54) is 4.63 Å². The van der Waals surface area contributed by atoms with Crippen molar-refractivity contribution in [1.82, 2.24) is 25.3 Å². The number of halogens is 1. The lowest BCUT2D eigenvalue weighted by molar-refractivity contribution is 0.447. The van der Waals surface area contributed by atoms with Crippen LogP contribution in [0.3, 0.4) is 0 Å². The molecular weight excluding hydrogens is 286 g/mol. The fraction of sp³-hybridized carbons (Fsp3) is 0. The van der Waals surface area contributed by atoms with Crippen LogP contribution in [0.1, 0.15) is 0 Å². The monoisotopic (exact) mass is 291 g/mol. The zero-order chi connectivity index (χ0) is 11.7. The molecule has 0 atom stereocenters. The Labute approximate surface area is 104 Å². The average molecular weight is 292 g/mol. The van der Waals surface area contributed by atoms with Crippen molar-refractivity contribution in [2.24, 2.45) is 0 Å². The van der Waals surface area contributed by atoms with Gasteiger partial charge in [-0.15, -0.1) is 14.8 Å². The third kappa shape index (κ3) is 2.09. The molecule has 0 radical (unpaired) electrons. The SMILES string of the molecule is Brc1cccc(Oc2ccc3nnnn3n2)c1. The molecule has 84 valence electrons. The van der Waals surface area contributed by atoms with Gasteiger partial charge < -0.3 is 4.74 Å². The average Bonchev–Trinajstić information content (AvgIpc) is 2.76. The van der Waals surface area contributed by atoms with E-state index in [1.807, 2.05) is 24.3 Å². The predicted molar refractivity (Wildman–Crippen MR) is 62.8 cm³/mol. The fourth-order valence-corrected chi connectivity index (χ4v) is 1.72. The fourth-order valence-electron chi connectivity index (χ4n) is 1.34. The van der Waals surface area contributed by atoms with Gasteiger partial charge in [0.2, 0.25) is 5.88 Å². The summed E-state index contributed by atoms with van der Waals surface area (Å²) in [5.74, 6) is 1.13. The van der Waals surface area contributed by atoms with Crippen LogP contribution in [0.4, 0.5) is 0 Å². The number of rotatable bonds is 2. The summed E-state index contributed by atoms with van der Waals surface area (Å²) in [5.41, 5.74) is 0.576. The van der Waals surface area contributed by atoms with Crippen molar-refractivity contribution in [2.75, 3.05) is 0 Å². The minimum atomic E-state index is 0.433. The van der Waals surface area contributed by atoms with Crippen molar-refractivity contribution in [3.05, 3.63) is 40.9 Å². The normalized spacial score (nSPS) is 10.6. The molecule has 3 rings (SSSR count). The minimum absolute atomic E-state index is 0.433. The van der Waals surface area contributed by atoms with E-state index in [-0.39, 0.29) is 0 Å². The molecule has 0 amide bonds. The summed E-state index contributed by atoms with van der Waals surface area (Å²) in [6.07, 6.45) is 0. The molecule has 2 aromatic heterocycles. The molecule has 6 nitrogen and oxygen atoms in total. The molecule has 17 heavy (non-hydrogen) atoms. The Hall–Kier alpha value is -2.02. The first-order chi connectivity index (χ1) is 8.31. The molecule has 0 fully saturated rings. The molecular formula is C10H6BrN5O. The van der Waals surface area contributed by atoms with Gasteiger partial charge in [0.1, 0.15) is 5.75 Å². The van der Waals surface area contributed by atoms with E-state index in [4.69, 9.17) is 4.74 Å². The van der Waals surface area contributed by atoms with Crippen molar-refractivity contribution in [3.8, 4) is 11.6 Å². The molecule has 2 heterocycles. The largest absolute Gasteiger partial charge is 0.437 e. The summed E-state index contributed by atoms with van der Waals surface area (Å²) in [5, 5.41) is 15.1. The van der Waals surface area contributed by atoms with Gasteiger partial charge in [0, 0.05) is 10.5 Å². The summed E-state index contributed by atoms with van der Waals surface area (Å²) in [6, 6.07) is 11.0. The topological polar surface area (TPSA) is 65.2 Å². The van der Waals surface area contributed by atoms with Crippen LogP contribution in [-0.2, 0) is 0 Å². The van der Waals surface area contributed by atoms with Crippen LogP contribution in [0, 0.1) is 0 Å². The molecule has 0 spiro atoms. The maximum atomic E-state index is 5.58. The van der Waals surface area contributed by atoms with E-state index < -0.39 is 0 Å². The van der Waals surface area contributed by atoms with Gasteiger partial charge in [-0.3, -0.25) is 0 Å². The van der Waals surface area contributed by atoms with Gasteiger partial charge in [-0.2, -0.15) is 0 Å². The van der Waals surface area contributed by atoms with Crippen LogP contribution < -0.4 is 4.74 Å². The van der Waals surface area contributed by atoms with Crippen LogP contribution in [0.5, 0.6) is 11.6 Å². The Kier molecular flexibility index (Phi) is 2.45. The van der Waals surface area contributed by atoms with E-state index in [1.54, 1.807) is 12.1 Å². The molecule has 3 aromatic rings. The Morgan fingerprint density at radius 2 is 2.12 bits per heavy atom. The highest BCUT2D eigenvalue weighted by molar-refractivity contribution is 9.10. The van der Waals surface area contributed by atoms with Crippen LogP contribution in [0.2, 0.25) is 0 Å². The molecule has 1 aromatic carbocycles. The first kappa shape index (κ1) is 10.2. The molecule has 0 N–H and O–H groups in total. The number of fused-ring (bicyclic) bond motifs is 1. The molecule has 0 saturated carbocycles. The Morgan fingerprint density at radius 1 is 1.18 bits per heavy atom. The number of benzene rings is 1. The van der Waals surface area contributed by atoms with Crippen molar-refractivity contribution in [1.29, 1.82) is 0 Å². The summed E-state index contributed by atoms with van der Waals surface area (Å²) in [6.45, 7) is 0. The Morgan fingerprint density at radius 3 is 3.00 bits per heavy atom. The lowest BCUT2D eigenvalue weighted by atomic mass is 10.3. The van der Waals surface area contributed by atoms with E-state index in [0.717, 1.165) is 4.47 Å². The van der Waals surface area contributed by atoms with Crippen molar-refractivity contribution in [2.45, 2.75) is 0 Å². The zero-order valence-electron chi connectivity index (χ0n) is 8.49. The minimum Gasteiger partial charge on any atom is -0.437 e. The number of aromatic nitrogens is 5. The zero-order valence-corrected chi connectivity index (χ0v) is 10.1. The summed E-state index contributed by atoms with van der Waals surface area (Å²) >= 11 is 3.37. The first-order valence-corrected chi connectivity index (χ1v) is 5.59. The van der Waals surface area contributed by atoms with Crippen LogP contribution in [0.25, 0.3) is 5.65 Å². The second-order valence-electron chi connectivity index (χ2n) is 3.26. The standard InChI is InChI=1S/C10H6BrN5O/c11-7-2-1-3-8(6-7)17-10-5-4-9-12-14-15-16(9)13-10/h1-6H. The third-order valence-electron chi connectivity index (χ3n) is 2.06. The molecule has 7 heteroatoms. The lowest BCUT2D eigenvalue weighted by Crippen LogP contribution is -1.96. The molecule has 0 aliphatic heterocycles. The number of nitrogens with zero attached hydrogens (tertiary/aromatic N) is 5. The van der Waals surface area contributed by atoms with Crippen molar-refractivity contribution in [3.63, 3.8) is 0 Å². The van der Waals surface area contributed by atoms with Gasteiger partial charge in [-0.05, 0) is 34.7 Å². The van der Waals surface area contributed by atoms with Crippen LogP contribution in [0.15, 0.2) is 40.9 Å². The van der Waals surface area contributed by atoms with Gasteiger partial charge >= 0.3 is 0 Å². The van der Waals surface area contributed by atoms with Crippen molar-refractivity contribution < 1.29 is 4.74 Å². The van der Waals surface area contributed by atoms with E-state index in [0.29, 0.717) is 17.3 Å². The smallest absolute Gasteiger partial charge is 0.239 e. The number of hydrogen-bond acceptors (Lipinski definition) is 5.